The number of hydrogen-bond donors (Lipinski definition) is 1. The second-order valence-corrected chi connectivity index (χ2v) is 4.50. The van der Waals surface area contributed by atoms with Gasteiger partial charge in [0.15, 0.2) is 0 Å². The lowest BCUT2D eigenvalue weighted by molar-refractivity contribution is -0.131. The lowest BCUT2D eigenvalue weighted by atomic mass is 10.1. The Kier molecular flexibility index (Phi) is 6.17. The molecule has 0 bridgehead atoms. The molecule has 0 radical (unpaired) electrons. The van der Waals surface area contributed by atoms with Crippen LogP contribution in [0.1, 0.15) is 12.5 Å². The van der Waals surface area contributed by atoms with Crippen molar-refractivity contribution in [2.75, 3.05) is 0 Å². The van der Waals surface area contributed by atoms with Gasteiger partial charge >= 0.3 is 5.97 Å². The number of carboxylic acids is 1. The second-order valence-electron chi connectivity index (χ2n) is 2.79. The van der Waals surface area contributed by atoms with Gasteiger partial charge in [-0.2, -0.15) is 0 Å². The Hall–Kier alpha value is -0.320. The number of allylic oxidation sites excluding steroid dienone is 1. The number of carboxylic acid groups (broad SMARTS) is 1. The second kappa shape index (κ2) is 6.30. The Morgan fingerprint density at radius 2 is 1.93 bits per heavy atom. The Labute approximate surface area is 111 Å². The Morgan fingerprint density at radius 3 is 2.40 bits per heavy atom. The third-order valence-corrected chi connectivity index (χ3v) is 3.59. The number of hydrogen-bond acceptors (Lipinski definition) is 1. The van der Waals surface area contributed by atoms with E-state index in [-0.39, 0.29) is 12.4 Å². The maximum Gasteiger partial charge on any atom is 0.328 e. The predicted octanol–water partition coefficient (Wildman–Crippen LogP) is 4.12. The zero-order valence-electron chi connectivity index (χ0n) is 7.83. The summed E-state index contributed by atoms with van der Waals surface area (Å²) in [5.41, 5.74) is 1.62. The molecule has 1 N–H and O–H groups in total. The van der Waals surface area contributed by atoms with Crippen LogP contribution >= 0.6 is 44.3 Å². The highest BCUT2D eigenvalue weighted by molar-refractivity contribution is 9.13. The van der Waals surface area contributed by atoms with Gasteiger partial charge in [-0.25, -0.2) is 4.79 Å². The number of aliphatic carboxylic acids is 1. The fourth-order valence-corrected chi connectivity index (χ4v) is 1.64. The van der Waals surface area contributed by atoms with Crippen molar-refractivity contribution in [2.24, 2.45) is 0 Å². The van der Waals surface area contributed by atoms with Gasteiger partial charge in [-0.15, -0.1) is 12.4 Å². The van der Waals surface area contributed by atoms with Crippen molar-refractivity contribution in [3.05, 3.63) is 38.8 Å². The lowest BCUT2D eigenvalue weighted by Crippen LogP contribution is -1.90. The van der Waals surface area contributed by atoms with Crippen molar-refractivity contribution in [3.63, 3.8) is 0 Å². The summed E-state index contributed by atoms with van der Waals surface area (Å²) in [7, 11) is 0. The van der Waals surface area contributed by atoms with Gasteiger partial charge in [0.25, 0.3) is 0 Å². The quantitative estimate of drug-likeness (QED) is 0.810. The molecular weight excluding hydrogens is 347 g/mol. The third-order valence-electron chi connectivity index (χ3n) is 1.71. The first-order valence-electron chi connectivity index (χ1n) is 3.87. The molecule has 0 fully saturated rings. The molecule has 0 atom stereocenters. The van der Waals surface area contributed by atoms with Gasteiger partial charge in [-0.3, -0.25) is 0 Å². The van der Waals surface area contributed by atoms with E-state index in [1.807, 2.05) is 18.2 Å². The summed E-state index contributed by atoms with van der Waals surface area (Å²) >= 11 is 6.71. The van der Waals surface area contributed by atoms with E-state index in [1.54, 1.807) is 6.92 Å². The minimum absolute atomic E-state index is 0. The van der Waals surface area contributed by atoms with E-state index in [2.05, 4.69) is 31.9 Å². The van der Waals surface area contributed by atoms with Crippen LogP contribution in [0.5, 0.6) is 0 Å². The molecule has 82 valence electrons. The maximum absolute atomic E-state index is 10.4. The largest absolute Gasteiger partial charge is 0.478 e. The van der Waals surface area contributed by atoms with Gasteiger partial charge in [0, 0.05) is 15.0 Å². The molecule has 0 amide bonds. The van der Waals surface area contributed by atoms with E-state index >= 15 is 0 Å². The first-order valence-corrected chi connectivity index (χ1v) is 5.46. The summed E-state index contributed by atoms with van der Waals surface area (Å²) in [6, 6.07) is 5.61. The normalized spacial score (nSPS) is 10.7. The summed E-state index contributed by atoms with van der Waals surface area (Å²) < 4.78 is 1.86. The van der Waals surface area contributed by atoms with Crippen LogP contribution < -0.4 is 0 Å². The van der Waals surface area contributed by atoms with Crippen LogP contribution in [0, 0.1) is 0 Å². The molecule has 0 aliphatic heterocycles. The van der Waals surface area contributed by atoms with Gasteiger partial charge < -0.3 is 5.11 Å². The molecule has 1 aromatic carbocycles. The highest BCUT2D eigenvalue weighted by Crippen LogP contribution is 2.26. The standard InChI is InChI=1S/C10H8Br2O2.ClH/c1-6(4-10(13)14)7-2-3-8(11)9(12)5-7;/h2-5H,1H3,(H,13,14);1H. The van der Waals surface area contributed by atoms with Crippen LogP contribution in [0.3, 0.4) is 0 Å². The van der Waals surface area contributed by atoms with Gasteiger partial charge in [0.1, 0.15) is 0 Å². The number of benzene rings is 1. The van der Waals surface area contributed by atoms with E-state index in [1.165, 1.54) is 6.08 Å². The topological polar surface area (TPSA) is 37.3 Å². The summed E-state index contributed by atoms with van der Waals surface area (Å²) in [6.07, 6.45) is 1.19. The van der Waals surface area contributed by atoms with E-state index < -0.39 is 5.97 Å². The molecular formula is C10H9Br2ClO2. The first kappa shape index (κ1) is 14.7. The van der Waals surface area contributed by atoms with E-state index in [0.717, 1.165) is 20.1 Å². The zero-order chi connectivity index (χ0) is 10.7. The van der Waals surface area contributed by atoms with E-state index in [4.69, 9.17) is 5.11 Å². The van der Waals surface area contributed by atoms with Crippen molar-refractivity contribution in [3.8, 4) is 0 Å². The van der Waals surface area contributed by atoms with Gasteiger partial charge in [0.05, 0.1) is 0 Å². The van der Waals surface area contributed by atoms with Crippen molar-refractivity contribution in [1.82, 2.24) is 0 Å². The molecule has 0 aromatic heterocycles. The highest BCUT2D eigenvalue weighted by Gasteiger charge is 2.01. The Balaban J connectivity index is 0.00000196. The fourth-order valence-electron chi connectivity index (χ4n) is 1.01. The van der Waals surface area contributed by atoms with Crippen LogP contribution in [0.4, 0.5) is 0 Å². The minimum Gasteiger partial charge on any atom is -0.478 e. The monoisotopic (exact) mass is 354 g/mol. The molecule has 0 heterocycles. The summed E-state index contributed by atoms with van der Waals surface area (Å²) in [5, 5.41) is 8.57. The number of carbonyl (C=O) groups is 1. The SMILES string of the molecule is CC(=CC(=O)O)c1ccc(Br)c(Br)c1.Cl. The molecule has 1 rings (SSSR count). The Morgan fingerprint density at radius 1 is 1.33 bits per heavy atom. The minimum atomic E-state index is -0.929. The molecule has 0 spiro atoms. The van der Waals surface area contributed by atoms with Gasteiger partial charge in [-0.05, 0) is 62.1 Å². The summed E-state index contributed by atoms with van der Waals surface area (Å²) in [6.45, 7) is 1.77. The molecule has 5 heteroatoms. The molecule has 0 aliphatic rings. The summed E-state index contributed by atoms with van der Waals surface area (Å²) in [5.74, 6) is -0.929. The van der Waals surface area contributed by atoms with Crippen LogP contribution in [-0.2, 0) is 4.79 Å². The average Bonchev–Trinajstić information content (AvgIpc) is 2.08. The zero-order valence-corrected chi connectivity index (χ0v) is 11.8. The van der Waals surface area contributed by atoms with Gasteiger partial charge in [0.2, 0.25) is 0 Å². The van der Waals surface area contributed by atoms with Crippen molar-refractivity contribution >= 4 is 55.8 Å². The molecule has 0 saturated carbocycles. The smallest absolute Gasteiger partial charge is 0.328 e. The average molecular weight is 356 g/mol. The van der Waals surface area contributed by atoms with Crippen LogP contribution in [-0.4, -0.2) is 11.1 Å². The maximum atomic E-state index is 10.4. The molecule has 0 unspecified atom stereocenters. The van der Waals surface area contributed by atoms with Crippen molar-refractivity contribution in [1.29, 1.82) is 0 Å². The van der Waals surface area contributed by atoms with Crippen LogP contribution in [0.15, 0.2) is 33.2 Å². The molecule has 0 saturated heterocycles. The third kappa shape index (κ3) is 4.36. The van der Waals surface area contributed by atoms with E-state index in [9.17, 15) is 4.79 Å². The van der Waals surface area contributed by atoms with Crippen molar-refractivity contribution in [2.45, 2.75) is 6.92 Å². The molecule has 15 heavy (non-hydrogen) atoms. The van der Waals surface area contributed by atoms with Crippen LogP contribution in [0.2, 0.25) is 0 Å². The molecule has 1 aromatic rings. The highest BCUT2D eigenvalue weighted by atomic mass is 79.9. The van der Waals surface area contributed by atoms with Gasteiger partial charge in [-0.1, -0.05) is 6.07 Å². The lowest BCUT2D eigenvalue weighted by Gasteiger charge is -2.02. The predicted molar refractivity (Wildman–Crippen MR) is 70.4 cm³/mol. The van der Waals surface area contributed by atoms with E-state index in [0.29, 0.717) is 0 Å². The van der Waals surface area contributed by atoms with Crippen molar-refractivity contribution < 1.29 is 9.90 Å². The fraction of sp³-hybridized carbons (Fsp3) is 0.100. The molecule has 0 aliphatic carbocycles. The molecule has 2 nitrogen and oxygen atoms in total. The Bertz CT molecular complexity index is 402. The number of rotatable bonds is 2. The number of halogens is 3. The first-order chi connectivity index (χ1) is 6.50. The van der Waals surface area contributed by atoms with Crippen LogP contribution in [0.25, 0.3) is 5.57 Å². The summed E-state index contributed by atoms with van der Waals surface area (Å²) in [4.78, 5) is 10.4.